The molecular weight excluding hydrogens is 441 g/mol. The zero-order valence-electron chi connectivity index (χ0n) is 17.8. The topological polar surface area (TPSA) is 78.4 Å². The number of aliphatic hydroxyl groups is 1. The van der Waals surface area contributed by atoms with Crippen LogP contribution in [0.5, 0.6) is 0 Å². The van der Waals surface area contributed by atoms with E-state index in [2.05, 4.69) is 27.1 Å². The number of aromatic nitrogens is 2. The van der Waals surface area contributed by atoms with E-state index >= 15 is 0 Å². The molecule has 10 heteroatoms. The monoisotopic (exact) mass is 464 g/mol. The van der Waals surface area contributed by atoms with Gasteiger partial charge in [0.2, 0.25) is 0 Å². The molecule has 1 aliphatic heterocycles. The molecule has 32 heavy (non-hydrogen) atoms. The van der Waals surface area contributed by atoms with Gasteiger partial charge < -0.3 is 15.3 Å². The van der Waals surface area contributed by atoms with Crippen molar-refractivity contribution in [1.29, 1.82) is 0 Å². The highest BCUT2D eigenvalue weighted by Gasteiger charge is 2.33. The van der Waals surface area contributed by atoms with E-state index in [0.29, 0.717) is 22.7 Å². The number of rotatable bonds is 5. The second-order valence-electron chi connectivity index (χ2n) is 8.46. The quantitative estimate of drug-likeness (QED) is 0.553. The fourth-order valence-electron chi connectivity index (χ4n) is 3.60. The lowest BCUT2D eigenvalue weighted by molar-refractivity contribution is -0.141. The molecule has 0 saturated carbocycles. The Balaban J connectivity index is 1.67. The Morgan fingerprint density at radius 3 is 2.59 bits per heavy atom. The summed E-state index contributed by atoms with van der Waals surface area (Å²) in [5.41, 5.74) is -1.41. The van der Waals surface area contributed by atoms with Crippen LogP contribution >= 0.6 is 11.3 Å². The normalized spacial score (nSPS) is 15.2. The van der Waals surface area contributed by atoms with Crippen molar-refractivity contribution in [3.05, 3.63) is 47.3 Å². The van der Waals surface area contributed by atoms with Crippen LogP contribution in [-0.2, 0) is 11.8 Å². The average Bonchev–Trinajstić information content (AvgIpc) is 3.07. The molecule has 1 saturated heterocycles. The Kier molecular flexibility index (Phi) is 5.62. The Hall–Kier alpha value is -2.72. The Morgan fingerprint density at radius 2 is 1.97 bits per heavy atom. The number of pyridine rings is 1. The first kappa shape index (κ1) is 22.5. The van der Waals surface area contributed by atoms with Crippen molar-refractivity contribution < 1.29 is 23.1 Å². The van der Waals surface area contributed by atoms with Gasteiger partial charge in [0.1, 0.15) is 11.4 Å². The first-order valence-electron chi connectivity index (χ1n) is 10.2. The standard InChI is InChI=1S/C22H23F3N4O2S/c1-4-12-10-29(11-12)20-28-16-8-13(21(2,3)31)15(9-17(16)32-20)27-19(30)14-6-5-7-18(26-14)22(23,24)25/h5-9,12,31H,4,10-11H2,1-3H3,(H,27,30). The number of alkyl halides is 3. The molecule has 0 aliphatic carbocycles. The number of hydrogen-bond acceptors (Lipinski definition) is 6. The Labute approximate surface area is 187 Å². The lowest BCUT2D eigenvalue weighted by Crippen LogP contribution is -2.46. The zero-order valence-corrected chi connectivity index (χ0v) is 18.6. The summed E-state index contributed by atoms with van der Waals surface area (Å²) in [5.74, 6) is -0.136. The van der Waals surface area contributed by atoms with Gasteiger partial charge >= 0.3 is 6.18 Å². The van der Waals surface area contributed by atoms with Crippen LogP contribution in [0.25, 0.3) is 10.2 Å². The van der Waals surface area contributed by atoms with E-state index in [0.717, 1.165) is 41.5 Å². The highest BCUT2D eigenvalue weighted by Crippen LogP contribution is 2.39. The average molecular weight is 465 g/mol. The lowest BCUT2D eigenvalue weighted by atomic mass is 9.96. The molecule has 0 unspecified atom stereocenters. The van der Waals surface area contributed by atoms with Crippen molar-refractivity contribution in [3.8, 4) is 0 Å². The summed E-state index contributed by atoms with van der Waals surface area (Å²) in [5, 5.41) is 14.1. The second kappa shape index (κ2) is 8.00. The molecule has 1 aliphatic rings. The first-order chi connectivity index (χ1) is 15.0. The van der Waals surface area contributed by atoms with Gasteiger partial charge in [-0.3, -0.25) is 4.79 Å². The van der Waals surface area contributed by atoms with Crippen molar-refractivity contribution >= 4 is 38.3 Å². The number of halogens is 3. The van der Waals surface area contributed by atoms with Gasteiger partial charge in [-0.2, -0.15) is 13.2 Å². The van der Waals surface area contributed by atoms with E-state index in [-0.39, 0.29) is 5.69 Å². The SMILES string of the molecule is CCC1CN(c2nc3cc(C(C)(C)O)c(NC(=O)c4cccc(C(F)(F)F)n4)cc3s2)C1. The van der Waals surface area contributed by atoms with E-state index in [4.69, 9.17) is 0 Å². The molecule has 1 fully saturated rings. The fourth-order valence-corrected chi connectivity index (χ4v) is 4.60. The molecule has 4 rings (SSSR count). The third kappa shape index (κ3) is 4.42. The molecule has 0 radical (unpaired) electrons. The number of thiazole rings is 1. The molecule has 2 aromatic heterocycles. The van der Waals surface area contributed by atoms with E-state index in [9.17, 15) is 23.1 Å². The molecule has 1 amide bonds. The number of hydrogen-bond donors (Lipinski definition) is 2. The summed E-state index contributed by atoms with van der Waals surface area (Å²) in [6.07, 6.45) is -3.54. The Bertz CT molecular complexity index is 1160. The van der Waals surface area contributed by atoms with Crippen molar-refractivity contribution in [1.82, 2.24) is 9.97 Å². The van der Waals surface area contributed by atoms with Gasteiger partial charge in [-0.15, -0.1) is 0 Å². The molecular formula is C22H23F3N4O2S. The number of nitrogens with one attached hydrogen (secondary N) is 1. The van der Waals surface area contributed by atoms with Crippen LogP contribution in [0.15, 0.2) is 30.3 Å². The van der Waals surface area contributed by atoms with Crippen LogP contribution in [-0.4, -0.2) is 34.1 Å². The van der Waals surface area contributed by atoms with Crippen LogP contribution in [0.4, 0.5) is 24.0 Å². The number of carbonyl (C=O) groups excluding carboxylic acids is 1. The van der Waals surface area contributed by atoms with Crippen molar-refractivity contribution in [3.63, 3.8) is 0 Å². The van der Waals surface area contributed by atoms with Crippen molar-refractivity contribution in [2.75, 3.05) is 23.3 Å². The molecule has 3 heterocycles. The number of benzene rings is 1. The maximum Gasteiger partial charge on any atom is 0.433 e. The van der Waals surface area contributed by atoms with E-state index < -0.39 is 23.4 Å². The Morgan fingerprint density at radius 1 is 1.25 bits per heavy atom. The molecule has 170 valence electrons. The van der Waals surface area contributed by atoms with Gasteiger partial charge in [0.15, 0.2) is 5.13 Å². The van der Waals surface area contributed by atoms with Crippen LogP contribution in [0, 0.1) is 5.92 Å². The summed E-state index contributed by atoms with van der Waals surface area (Å²) >= 11 is 1.47. The highest BCUT2D eigenvalue weighted by molar-refractivity contribution is 7.22. The van der Waals surface area contributed by atoms with E-state index in [1.54, 1.807) is 26.0 Å². The molecule has 0 atom stereocenters. The maximum absolute atomic E-state index is 13.0. The second-order valence-corrected chi connectivity index (χ2v) is 9.47. The van der Waals surface area contributed by atoms with Crippen molar-refractivity contribution in [2.45, 2.75) is 39.0 Å². The molecule has 1 aromatic carbocycles. The maximum atomic E-state index is 13.0. The van der Waals surface area contributed by atoms with Crippen molar-refractivity contribution in [2.24, 2.45) is 5.92 Å². The van der Waals surface area contributed by atoms with Gasteiger partial charge in [-0.25, -0.2) is 9.97 Å². The summed E-state index contributed by atoms with van der Waals surface area (Å²) in [6.45, 7) is 7.19. The predicted molar refractivity (Wildman–Crippen MR) is 118 cm³/mol. The van der Waals surface area contributed by atoms with Gasteiger partial charge in [0.25, 0.3) is 5.91 Å². The minimum Gasteiger partial charge on any atom is -0.386 e. The third-order valence-electron chi connectivity index (χ3n) is 5.50. The zero-order chi connectivity index (χ0) is 23.3. The number of fused-ring (bicyclic) bond motifs is 1. The molecule has 6 nitrogen and oxygen atoms in total. The number of anilines is 2. The van der Waals surface area contributed by atoms with E-state index in [1.807, 2.05) is 0 Å². The van der Waals surface area contributed by atoms with E-state index in [1.165, 1.54) is 17.4 Å². The summed E-state index contributed by atoms with van der Waals surface area (Å²) in [6, 6.07) is 6.57. The van der Waals surface area contributed by atoms with Gasteiger partial charge in [0, 0.05) is 24.3 Å². The van der Waals surface area contributed by atoms with Crippen LogP contribution < -0.4 is 10.2 Å². The summed E-state index contributed by atoms with van der Waals surface area (Å²) < 4.78 is 39.7. The minimum absolute atomic E-state index is 0.305. The lowest BCUT2D eigenvalue weighted by Gasteiger charge is -2.38. The number of nitrogens with zero attached hydrogens (tertiary/aromatic N) is 3. The summed E-state index contributed by atoms with van der Waals surface area (Å²) in [4.78, 5) is 23.0. The molecule has 3 aromatic rings. The number of amides is 1. The minimum atomic E-state index is -4.65. The smallest absolute Gasteiger partial charge is 0.386 e. The molecule has 2 N–H and O–H groups in total. The molecule has 0 bridgehead atoms. The summed E-state index contributed by atoms with van der Waals surface area (Å²) in [7, 11) is 0. The number of carbonyl (C=O) groups is 1. The third-order valence-corrected chi connectivity index (χ3v) is 6.58. The highest BCUT2D eigenvalue weighted by atomic mass is 32.1. The van der Waals surface area contributed by atoms with Crippen LogP contribution in [0.2, 0.25) is 0 Å². The predicted octanol–water partition coefficient (Wildman–Crippen LogP) is 5.04. The largest absolute Gasteiger partial charge is 0.433 e. The van der Waals surface area contributed by atoms with Gasteiger partial charge in [-0.05, 0) is 50.5 Å². The fraction of sp³-hybridized carbons (Fsp3) is 0.409. The van der Waals surface area contributed by atoms with Gasteiger partial charge in [0.05, 0.1) is 15.8 Å². The van der Waals surface area contributed by atoms with Crippen LogP contribution in [0.3, 0.4) is 0 Å². The first-order valence-corrected chi connectivity index (χ1v) is 11.1. The molecule has 0 spiro atoms. The van der Waals surface area contributed by atoms with Gasteiger partial charge in [-0.1, -0.05) is 24.3 Å². The van der Waals surface area contributed by atoms with Crippen LogP contribution in [0.1, 0.15) is 48.9 Å².